The zero-order valence-electron chi connectivity index (χ0n) is 21.8. The summed E-state index contributed by atoms with van der Waals surface area (Å²) in [7, 11) is 0. The number of hydrogen-bond acceptors (Lipinski definition) is 3. The van der Waals surface area contributed by atoms with Gasteiger partial charge in [-0.25, -0.2) is 0 Å². The molecule has 0 aliphatic carbocycles. The normalized spacial score (nSPS) is 12.5. The average molecular weight is 425 g/mol. The van der Waals surface area contributed by atoms with Gasteiger partial charge in [0.15, 0.2) is 11.6 Å². The Morgan fingerprint density at radius 3 is 1.73 bits per heavy atom. The van der Waals surface area contributed by atoms with Crippen LogP contribution in [0.3, 0.4) is 0 Å². The van der Waals surface area contributed by atoms with Crippen molar-refractivity contribution in [1.29, 1.82) is 0 Å². The predicted molar refractivity (Wildman–Crippen MR) is 133 cm³/mol. The molecule has 0 aliphatic rings. The lowest BCUT2D eigenvalue weighted by atomic mass is 10.0. The Morgan fingerprint density at radius 1 is 0.833 bits per heavy atom. The summed E-state index contributed by atoms with van der Waals surface area (Å²) < 4.78 is 0. The van der Waals surface area contributed by atoms with Crippen LogP contribution in [-0.4, -0.2) is 22.8 Å². The van der Waals surface area contributed by atoms with Crippen LogP contribution in [0.1, 0.15) is 114 Å². The van der Waals surface area contributed by atoms with Crippen molar-refractivity contribution in [3.05, 3.63) is 23.8 Å². The van der Waals surface area contributed by atoms with Crippen LogP contribution in [0.4, 0.5) is 0 Å². The van der Waals surface area contributed by atoms with Gasteiger partial charge in [0.1, 0.15) is 0 Å². The van der Waals surface area contributed by atoms with Crippen molar-refractivity contribution in [2.24, 2.45) is 17.8 Å². The number of hydrogen-bond donors (Lipinski definition) is 1. The molecule has 3 heteroatoms. The standard InChI is InChI=1S/C9H16O.C9H20O.C9H16O/c1-7(2)5-6-8(3)9(4)10;2*1-4-9(10)7-5-6-8(2)3/h6-7H,5H2,1-4H3;8-10H,4-7H2,1-3H3;5,7-8H,4,6H2,1-3H3/b8-6+;;7-5+. The first-order chi connectivity index (χ1) is 13.9. The Balaban J connectivity index is -0.000000364. The van der Waals surface area contributed by atoms with Crippen molar-refractivity contribution < 1.29 is 14.7 Å². The summed E-state index contributed by atoms with van der Waals surface area (Å²) in [6, 6.07) is 0. The molecule has 0 radical (unpaired) electrons. The molecule has 0 saturated heterocycles. The molecule has 1 N–H and O–H groups in total. The highest BCUT2D eigenvalue weighted by Gasteiger charge is 2.00. The van der Waals surface area contributed by atoms with E-state index in [1.54, 1.807) is 13.0 Å². The molecule has 0 heterocycles. The van der Waals surface area contributed by atoms with Crippen LogP contribution >= 0.6 is 0 Å². The van der Waals surface area contributed by atoms with Crippen LogP contribution in [0.5, 0.6) is 0 Å². The molecule has 0 rings (SSSR count). The fraction of sp³-hybridized carbons (Fsp3) is 0.778. The molecular weight excluding hydrogens is 372 g/mol. The van der Waals surface area contributed by atoms with Crippen LogP contribution in [0.2, 0.25) is 0 Å². The summed E-state index contributed by atoms with van der Waals surface area (Å²) in [5.74, 6) is 2.49. The second-order valence-corrected chi connectivity index (χ2v) is 9.31. The fourth-order valence-electron chi connectivity index (χ4n) is 2.11. The SMILES string of the molecule is CC(=O)/C(C)=C/CC(C)C.CCC(=O)/C=C/CC(C)C.CCC(O)CCCC(C)C. The number of aliphatic hydroxyl groups excluding tert-OH is 1. The number of rotatable bonds is 12. The van der Waals surface area contributed by atoms with Crippen molar-refractivity contribution in [3.8, 4) is 0 Å². The largest absolute Gasteiger partial charge is 0.393 e. The third-order valence-electron chi connectivity index (χ3n) is 4.50. The number of carbonyl (C=O) groups is 2. The third-order valence-corrected chi connectivity index (χ3v) is 4.50. The van der Waals surface area contributed by atoms with Gasteiger partial charge in [-0.05, 0) is 68.9 Å². The molecule has 178 valence electrons. The molecular formula is C27H52O3. The lowest BCUT2D eigenvalue weighted by Crippen LogP contribution is -2.04. The maximum absolute atomic E-state index is 10.7. The maximum atomic E-state index is 10.7. The van der Waals surface area contributed by atoms with Crippen LogP contribution in [0.15, 0.2) is 23.8 Å². The highest BCUT2D eigenvalue weighted by Crippen LogP contribution is 2.09. The van der Waals surface area contributed by atoms with Gasteiger partial charge in [-0.3, -0.25) is 9.59 Å². The third kappa shape index (κ3) is 31.5. The van der Waals surface area contributed by atoms with E-state index in [1.165, 1.54) is 12.8 Å². The second kappa shape index (κ2) is 22.5. The van der Waals surface area contributed by atoms with Gasteiger partial charge in [0.2, 0.25) is 0 Å². The quantitative estimate of drug-likeness (QED) is 0.326. The topological polar surface area (TPSA) is 54.4 Å². The summed E-state index contributed by atoms with van der Waals surface area (Å²) in [6.45, 7) is 20.4. The highest BCUT2D eigenvalue weighted by molar-refractivity contribution is 5.92. The fourth-order valence-corrected chi connectivity index (χ4v) is 2.11. The smallest absolute Gasteiger partial charge is 0.155 e. The Hall–Kier alpha value is -1.22. The molecule has 0 spiro atoms. The molecule has 0 bridgehead atoms. The van der Waals surface area contributed by atoms with Crippen LogP contribution in [-0.2, 0) is 9.59 Å². The van der Waals surface area contributed by atoms with Gasteiger partial charge in [0.25, 0.3) is 0 Å². The first-order valence-electron chi connectivity index (χ1n) is 11.9. The van der Waals surface area contributed by atoms with Gasteiger partial charge in [-0.2, -0.15) is 0 Å². The minimum atomic E-state index is -0.0567. The Bertz CT molecular complexity index is 468. The molecule has 1 unspecified atom stereocenters. The van der Waals surface area contributed by atoms with E-state index in [-0.39, 0.29) is 17.7 Å². The van der Waals surface area contributed by atoms with Crippen molar-refractivity contribution in [3.63, 3.8) is 0 Å². The second-order valence-electron chi connectivity index (χ2n) is 9.31. The van der Waals surface area contributed by atoms with E-state index in [0.717, 1.165) is 37.2 Å². The van der Waals surface area contributed by atoms with Gasteiger partial charge in [0, 0.05) is 6.42 Å². The lowest BCUT2D eigenvalue weighted by molar-refractivity contribution is -0.114. The van der Waals surface area contributed by atoms with E-state index in [2.05, 4.69) is 41.5 Å². The number of aliphatic hydroxyl groups is 1. The summed E-state index contributed by atoms with van der Waals surface area (Å²) >= 11 is 0. The van der Waals surface area contributed by atoms with E-state index in [9.17, 15) is 14.7 Å². The number of allylic oxidation sites excluding steroid dienone is 4. The Labute approximate surface area is 188 Å². The van der Waals surface area contributed by atoms with Crippen LogP contribution < -0.4 is 0 Å². The number of Topliss-reactive ketones (excluding diaryl/α,β-unsaturated/α-hetero) is 1. The van der Waals surface area contributed by atoms with Crippen LogP contribution in [0.25, 0.3) is 0 Å². The average Bonchev–Trinajstić information content (AvgIpc) is 2.65. The monoisotopic (exact) mass is 424 g/mol. The molecule has 0 saturated carbocycles. The van der Waals surface area contributed by atoms with Gasteiger partial charge >= 0.3 is 0 Å². The summed E-state index contributed by atoms with van der Waals surface area (Å²) in [4.78, 5) is 21.4. The molecule has 0 fully saturated rings. The minimum absolute atomic E-state index is 0.0567. The molecule has 0 aliphatic heterocycles. The van der Waals surface area contributed by atoms with Gasteiger partial charge in [-0.1, -0.05) is 80.4 Å². The zero-order chi connectivity index (χ0) is 24.1. The van der Waals surface area contributed by atoms with Gasteiger partial charge < -0.3 is 5.11 Å². The van der Waals surface area contributed by atoms with E-state index in [1.807, 2.05) is 32.9 Å². The van der Waals surface area contributed by atoms with E-state index in [4.69, 9.17) is 0 Å². The molecule has 0 aromatic carbocycles. The van der Waals surface area contributed by atoms with E-state index >= 15 is 0 Å². The summed E-state index contributed by atoms with van der Waals surface area (Å²) in [5, 5.41) is 9.17. The van der Waals surface area contributed by atoms with Gasteiger partial charge in [0.05, 0.1) is 6.10 Å². The van der Waals surface area contributed by atoms with E-state index < -0.39 is 0 Å². The summed E-state index contributed by atoms with van der Waals surface area (Å²) in [6.07, 6.45) is 12.5. The molecule has 1 atom stereocenters. The molecule has 0 aromatic heterocycles. The molecule has 3 nitrogen and oxygen atoms in total. The van der Waals surface area contributed by atoms with Crippen molar-refractivity contribution in [2.45, 2.75) is 120 Å². The molecule has 30 heavy (non-hydrogen) atoms. The minimum Gasteiger partial charge on any atom is -0.393 e. The van der Waals surface area contributed by atoms with Crippen LogP contribution in [0, 0.1) is 17.8 Å². The van der Waals surface area contributed by atoms with Gasteiger partial charge in [-0.15, -0.1) is 0 Å². The Morgan fingerprint density at radius 2 is 1.37 bits per heavy atom. The maximum Gasteiger partial charge on any atom is 0.155 e. The highest BCUT2D eigenvalue weighted by atomic mass is 16.3. The first kappa shape index (κ1) is 33.4. The molecule has 0 amide bonds. The molecule has 0 aromatic rings. The van der Waals surface area contributed by atoms with Crippen molar-refractivity contribution >= 4 is 11.6 Å². The Kier molecular flexibility index (Phi) is 25.0. The lowest BCUT2D eigenvalue weighted by Gasteiger charge is -2.07. The van der Waals surface area contributed by atoms with Crippen molar-refractivity contribution in [1.82, 2.24) is 0 Å². The zero-order valence-corrected chi connectivity index (χ0v) is 21.8. The van der Waals surface area contributed by atoms with Crippen molar-refractivity contribution in [2.75, 3.05) is 0 Å². The number of carbonyl (C=O) groups excluding carboxylic acids is 2. The predicted octanol–water partition coefficient (Wildman–Crippen LogP) is 7.72. The summed E-state index contributed by atoms with van der Waals surface area (Å²) in [5.41, 5.74) is 0.883. The first-order valence-corrected chi connectivity index (χ1v) is 11.9. The van der Waals surface area contributed by atoms with E-state index in [0.29, 0.717) is 18.3 Å². The number of ketones is 2.